The molecule has 0 aliphatic carbocycles. The summed E-state index contributed by atoms with van der Waals surface area (Å²) < 4.78 is 8.91. The third-order valence-corrected chi connectivity index (χ3v) is 5.92. The van der Waals surface area contributed by atoms with E-state index in [9.17, 15) is 0 Å². The van der Waals surface area contributed by atoms with Gasteiger partial charge in [0.2, 0.25) is 0 Å². The van der Waals surface area contributed by atoms with Crippen LogP contribution in [0, 0.1) is 0 Å². The first-order valence-electron chi connectivity index (χ1n) is 9.73. The van der Waals surface area contributed by atoms with Crippen molar-refractivity contribution >= 4 is 21.8 Å². The predicted octanol–water partition coefficient (Wildman–Crippen LogP) is 3.33. The van der Waals surface area contributed by atoms with Crippen LogP contribution in [0.3, 0.4) is 0 Å². The quantitative estimate of drug-likeness (QED) is 0.267. The van der Waals surface area contributed by atoms with Crippen molar-refractivity contribution < 1.29 is 21.1 Å². The Morgan fingerprint density at radius 3 is 1.66 bits per heavy atom. The minimum absolute atomic E-state index is 0. The molecule has 0 amide bonds. The number of aryl methyl sites for hydroxylation is 4. The SMILES string of the molecule is [Pt+4].c1cc2cn3[cH-]n-2n2[cH-]n(cc1-2)CCc1cc2ccc4cc([n-]c4c2[n-]1)CC3. The first-order valence-corrected chi connectivity index (χ1v) is 9.73. The van der Waals surface area contributed by atoms with Crippen LogP contribution in [0.5, 0.6) is 0 Å². The number of nitrogens with zero attached hydrogens (tertiary/aromatic N) is 6. The summed E-state index contributed by atoms with van der Waals surface area (Å²) in [5.41, 5.74) is 6.71. The molecule has 0 atom stereocenters. The van der Waals surface area contributed by atoms with Gasteiger partial charge < -0.3 is 28.5 Å². The number of imidazole rings is 2. The molecular weight excluding hydrogens is 543 g/mol. The van der Waals surface area contributed by atoms with E-state index in [1.807, 2.05) is 0 Å². The molecule has 0 saturated carbocycles. The van der Waals surface area contributed by atoms with Crippen LogP contribution in [0.1, 0.15) is 11.4 Å². The van der Waals surface area contributed by atoms with Crippen molar-refractivity contribution in [1.82, 2.24) is 28.5 Å². The third-order valence-electron chi connectivity index (χ3n) is 5.92. The summed E-state index contributed by atoms with van der Waals surface area (Å²) in [6.07, 6.45) is 10.5. The van der Waals surface area contributed by atoms with Gasteiger partial charge in [-0.05, 0) is 36.3 Å². The van der Waals surface area contributed by atoms with E-state index in [1.165, 1.54) is 22.1 Å². The standard InChI is InChI=1S/C22H18N6.Pt/c1-2-16-10-18-6-8-26-12-20-4-3-19-11-25(13-27(19)28(20)14-26)7-5-17-9-15(1)21(23-17)22(16)24-18;/h1-4,9-14H,5-8H2;/q-4;+4. The molecule has 4 aliphatic rings. The van der Waals surface area contributed by atoms with Crippen LogP contribution < -0.4 is 9.97 Å². The molecule has 2 aromatic heterocycles. The molecule has 0 radical (unpaired) electrons. The Balaban J connectivity index is 0.00000165. The molecule has 6 nitrogen and oxygen atoms in total. The van der Waals surface area contributed by atoms with Gasteiger partial charge in [0, 0.05) is 13.1 Å². The largest absolute Gasteiger partial charge is 4.00 e. The van der Waals surface area contributed by atoms with E-state index in [2.05, 4.69) is 79.9 Å². The maximum atomic E-state index is 4.93. The van der Waals surface area contributed by atoms with Crippen molar-refractivity contribution in [3.05, 3.63) is 72.8 Å². The summed E-state index contributed by atoms with van der Waals surface area (Å²) in [7, 11) is 0. The molecule has 7 heteroatoms. The van der Waals surface area contributed by atoms with Crippen molar-refractivity contribution in [1.29, 1.82) is 0 Å². The van der Waals surface area contributed by atoms with Crippen molar-refractivity contribution in [3.8, 4) is 11.4 Å². The molecule has 0 unspecified atom stereocenters. The molecule has 29 heavy (non-hydrogen) atoms. The van der Waals surface area contributed by atoms with Gasteiger partial charge in [0.25, 0.3) is 0 Å². The fourth-order valence-electron chi connectivity index (χ4n) is 4.49. The summed E-state index contributed by atoms with van der Waals surface area (Å²) in [5, 5.41) is 2.38. The molecule has 4 aliphatic heterocycles. The van der Waals surface area contributed by atoms with Gasteiger partial charge in [-0.3, -0.25) is 0 Å². The Kier molecular flexibility index (Phi) is 3.57. The van der Waals surface area contributed by atoms with Crippen LogP contribution in [0.4, 0.5) is 0 Å². The second-order valence-electron chi connectivity index (χ2n) is 7.77. The second-order valence-corrected chi connectivity index (χ2v) is 7.77. The number of fused-ring (bicyclic) bond motifs is 4. The van der Waals surface area contributed by atoms with Crippen molar-refractivity contribution in [3.63, 3.8) is 0 Å². The molecular formula is C22H18N6Pt. The fraction of sp³-hybridized carbons (Fsp3) is 0.182. The first-order chi connectivity index (χ1) is 13.8. The van der Waals surface area contributed by atoms with Crippen LogP contribution in [0.2, 0.25) is 0 Å². The van der Waals surface area contributed by atoms with E-state index in [0.717, 1.165) is 48.4 Å². The van der Waals surface area contributed by atoms with Gasteiger partial charge in [-0.15, -0.1) is 35.6 Å². The summed E-state index contributed by atoms with van der Waals surface area (Å²) in [6, 6.07) is 13.1. The van der Waals surface area contributed by atoms with E-state index < -0.39 is 0 Å². The number of hydrogen-bond donors (Lipinski definition) is 0. The molecule has 0 saturated heterocycles. The van der Waals surface area contributed by atoms with Crippen molar-refractivity contribution in [2.24, 2.45) is 0 Å². The van der Waals surface area contributed by atoms with Crippen LogP contribution in [0.15, 0.2) is 61.4 Å². The van der Waals surface area contributed by atoms with Gasteiger partial charge in [-0.25, -0.2) is 0 Å². The minimum Gasteiger partial charge on any atom is -0.662 e. The normalized spacial score (nSPS) is 14.1. The van der Waals surface area contributed by atoms with Gasteiger partial charge in [-0.1, -0.05) is 35.6 Å². The molecule has 146 valence electrons. The predicted molar refractivity (Wildman–Crippen MR) is 108 cm³/mol. The molecule has 8 bridgehead atoms. The Morgan fingerprint density at radius 2 is 1.17 bits per heavy atom. The molecule has 1 aromatic carbocycles. The van der Waals surface area contributed by atoms with E-state index >= 15 is 0 Å². The Labute approximate surface area is 181 Å². The zero-order valence-electron chi connectivity index (χ0n) is 15.6. The second kappa shape index (κ2) is 6.07. The molecule has 6 heterocycles. The summed E-state index contributed by atoms with van der Waals surface area (Å²) in [4.78, 5) is 9.86. The van der Waals surface area contributed by atoms with Gasteiger partial charge >= 0.3 is 21.1 Å². The zero-order chi connectivity index (χ0) is 18.2. The molecule has 0 fully saturated rings. The Hall–Kier alpha value is -2.85. The Bertz CT molecular complexity index is 1320. The molecule has 7 rings (SSSR count). The van der Waals surface area contributed by atoms with E-state index in [1.54, 1.807) is 0 Å². The molecule has 3 aromatic rings. The zero-order valence-corrected chi connectivity index (χ0v) is 17.9. The van der Waals surface area contributed by atoms with Gasteiger partial charge in [0.05, 0.1) is 0 Å². The van der Waals surface area contributed by atoms with Gasteiger partial charge in [0.15, 0.2) is 0 Å². The number of benzene rings is 1. The van der Waals surface area contributed by atoms with Gasteiger partial charge in [0.1, 0.15) is 0 Å². The van der Waals surface area contributed by atoms with E-state index in [0.29, 0.717) is 0 Å². The summed E-state index contributed by atoms with van der Waals surface area (Å²) >= 11 is 0. The maximum absolute atomic E-state index is 4.93. The first kappa shape index (κ1) is 17.0. The summed E-state index contributed by atoms with van der Waals surface area (Å²) in [5.74, 6) is 0. The number of rotatable bonds is 0. The van der Waals surface area contributed by atoms with Crippen LogP contribution in [-0.4, -0.2) is 18.5 Å². The number of aromatic nitrogens is 6. The monoisotopic (exact) mass is 561 g/mol. The summed E-state index contributed by atoms with van der Waals surface area (Å²) in [6.45, 7) is 1.80. The fourth-order valence-corrected chi connectivity index (χ4v) is 4.49. The van der Waals surface area contributed by atoms with Crippen LogP contribution in [0.25, 0.3) is 33.2 Å². The average molecular weight is 562 g/mol. The maximum Gasteiger partial charge on any atom is 4.00 e. The van der Waals surface area contributed by atoms with Crippen LogP contribution in [-0.2, 0) is 47.0 Å². The smallest absolute Gasteiger partial charge is 0.662 e. The topological polar surface area (TPSA) is 47.9 Å². The van der Waals surface area contributed by atoms with E-state index in [4.69, 9.17) is 9.97 Å². The average Bonchev–Trinajstić information content (AvgIpc) is 3.45. The van der Waals surface area contributed by atoms with Crippen molar-refractivity contribution in [2.75, 3.05) is 0 Å². The van der Waals surface area contributed by atoms with Crippen LogP contribution >= 0.6 is 0 Å². The molecule has 0 spiro atoms. The third kappa shape index (κ3) is 2.52. The Morgan fingerprint density at radius 1 is 0.690 bits per heavy atom. The van der Waals surface area contributed by atoms with Crippen molar-refractivity contribution in [2.45, 2.75) is 25.9 Å². The number of hydrogen-bond acceptors (Lipinski definition) is 0. The molecule has 0 N–H and O–H groups in total. The van der Waals surface area contributed by atoms with Gasteiger partial charge in [-0.2, -0.15) is 11.4 Å². The van der Waals surface area contributed by atoms with E-state index in [-0.39, 0.29) is 21.1 Å². The minimum atomic E-state index is 0.